The molecule has 1 amide bonds. The van der Waals surface area contributed by atoms with Gasteiger partial charge in [-0.1, -0.05) is 13.8 Å². The zero-order valence-corrected chi connectivity index (χ0v) is 18.4. The number of halogens is 2. The molecular formula is C18H26Cl2N4O3S. The molecule has 0 radical (unpaired) electrons. The molecule has 0 fully saturated rings. The fraction of sp³-hybridized carbons (Fsp3) is 0.333. The van der Waals surface area contributed by atoms with Crippen LogP contribution >= 0.6 is 24.8 Å². The molecule has 10 heteroatoms. The molecule has 0 atom stereocenters. The van der Waals surface area contributed by atoms with Gasteiger partial charge in [0.2, 0.25) is 0 Å². The number of nitrogens with zero attached hydrogens (tertiary/aromatic N) is 2. The number of rotatable bonds is 7. The molecule has 28 heavy (non-hydrogen) atoms. The Morgan fingerprint density at radius 1 is 1.11 bits per heavy atom. The number of carbonyl (C=O) groups excluding carboxylic acids is 1. The average Bonchev–Trinajstić information content (AvgIpc) is 2.61. The standard InChI is InChI=1S/C18H24N4O3S.2ClH/c1-18(2,12-19)13-22(3)17(23)14-4-6-16(7-5-14)26(24,25)21-15-8-10-20-11-9-15;;/h4-11H,12-13,19H2,1-3H3,(H,20,21);2*1H. The smallest absolute Gasteiger partial charge is 0.261 e. The fourth-order valence-corrected chi connectivity index (χ4v) is 3.47. The van der Waals surface area contributed by atoms with E-state index >= 15 is 0 Å². The third-order valence-electron chi connectivity index (χ3n) is 3.91. The summed E-state index contributed by atoms with van der Waals surface area (Å²) in [6.07, 6.45) is 3.00. The Morgan fingerprint density at radius 2 is 1.64 bits per heavy atom. The first-order valence-electron chi connectivity index (χ1n) is 8.13. The van der Waals surface area contributed by atoms with Gasteiger partial charge in [0.15, 0.2) is 0 Å². The minimum absolute atomic E-state index is 0. The van der Waals surface area contributed by atoms with E-state index in [1.54, 1.807) is 24.1 Å². The molecule has 0 aliphatic heterocycles. The quantitative estimate of drug-likeness (QED) is 0.676. The van der Waals surface area contributed by atoms with Gasteiger partial charge in [-0.05, 0) is 48.4 Å². The Morgan fingerprint density at radius 3 is 2.14 bits per heavy atom. The Bertz CT molecular complexity index is 860. The first-order chi connectivity index (χ1) is 12.1. The van der Waals surface area contributed by atoms with E-state index in [9.17, 15) is 13.2 Å². The van der Waals surface area contributed by atoms with Crippen LogP contribution in [-0.4, -0.2) is 44.3 Å². The first kappa shape index (κ1) is 26.1. The normalized spacial score (nSPS) is 11.0. The van der Waals surface area contributed by atoms with E-state index in [0.29, 0.717) is 24.3 Å². The van der Waals surface area contributed by atoms with Crippen LogP contribution < -0.4 is 10.5 Å². The van der Waals surface area contributed by atoms with E-state index in [4.69, 9.17) is 5.73 Å². The summed E-state index contributed by atoms with van der Waals surface area (Å²) >= 11 is 0. The molecule has 1 heterocycles. The first-order valence-corrected chi connectivity index (χ1v) is 9.61. The molecule has 1 aromatic carbocycles. The molecule has 2 aromatic rings. The number of pyridine rings is 1. The number of benzene rings is 1. The maximum Gasteiger partial charge on any atom is 0.261 e. The number of hydrogen-bond acceptors (Lipinski definition) is 5. The van der Waals surface area contributed by atoms with Crippen LogP contribution in [0.25, 0.3) is 0 Å². The molecule has 0 unspecified atom stereocenters. The van der Waals surface area contributed by atoms with Gasteiger partial charge >= 0.3 is 0 Å². The van der Waals surface area contributed by atoms with Crippen molar-refractivity contribution in [2.24, 2.45) is 11.1 Å². The molecule has 3 N–H and O–H groups in total. The topological polar surface area (TPSA) is 105 Å². The number of carbonyl (C=O) groups is 1. The molecule has 0 bridgehead atoms. The van der Waals surface area contributed by atoms with Crippen molar-refractivity contribution in [3.05, 3.63) is 54.4 Å². The fourth-order valence-electron chi connectivity index (χ4n) is 2.41. The minimum atomic E-state index is -3.73. The maximum atomic E-state index is 12.5. The number of aromatic nitrogens is 1. The molecule has 0 saturated heterocycles. The Balaban J connectivity index is 0.00000364. The van der Waals surface area contributed by atoms with Gasteiger partial charge in [-0.25, -0.2) is 8.42 Å². The molecule has 2 rings (SSSR count). The molecule has 0 aliphatic rings. The van der Waals surface area contributed by atoms with E-state index in [2.05, 4.69) is 9.71 Å². The second-order valence-corrected chi connectivity index (χ2v) is 8.58. The van der Waals surface area contributed by atoms with Crippen molar-refractivity contribution in [1.29, 1.82) is 0 Å². The molecule has 0 spiro atoms. The lowest BCUT2D eigenvalue weighted by Crippen LogP contribution is -2.39. The highest BCUT2D eigenvalue weighted by Gasteiger charge is 2.22. The molecule has 7 nitrogen and oxygen atoms in total. The number of anilines is 1. The predicted molar refractivity (Wildman–Crippen MR) is 116 cm³/mol. The third-order valence-corrected chi connectivity index (χ3v) is 5.31. The number of amides is 1. The van der Waals surface area contributed by atoms with Crippen LogP contribution in [0, 0.1) is 5.41 Å². The van der Waals surface area contributed by atoms with Crippen LogP contribution in [0.2, 0.25) is 0 Å². The van der Waals surface area contributed by atoms with Crippen molar-refractivity contribution in [2.75, 3.05) is 24.9 Å². The Hall–Kier alpha value is -1.87. The SMILES string of the molecule is CN(CC(C)(C)CN)C(=O)c1ccc(S(=O)(=O)Nc2ccncc2)cc1.Cl.Cl. The van der Waals surface area contributed by atoms with Crippen LogP contribution in [0.1, 0.15) is 24.2 Å². The summed E-state index contributed by atoms with van der Waals surface area (Å²) in [5.74, 6) is -0.183. The number of nitrogens with one attached hydrogen (secondary N) is 1. The van der Waals surface area contributed by atoms with Gasteiger partial charge in [0.25, 0.3) is 15.9 Å². The molecular weight excluding hydrogens is 423 g/mol. The second-order valence-electron chi connectivity index (χ2n) is 6.90. The summed E-state index contributed by atoms with van der Waals surface area (Å²) in [6.45, 7) is 4.93. The number of sulfonamides is 1. The summed E-state index contributed by atoms with van der Waals surface area (Å²) in [6, 6.07) is 8.97. The average molecular weight is 449 g/mol. The van der Waals surface area contributed by atoms with Crippen molar-refractivity contribution >= 4 is 46.4 Å². The number of nitrogens with two attached hydrogens (primary N) is 1. The van der Waals surface area contributed by atoms with Crippen molar-refractivity contribution in [2.45, 2.75) is 18.7 Å². The highest BCUT2D eigenvalue weighted by Crippen LogP contribution is 2.18. The van der Waals surface area contributed by atoms with Crippen LogP contribution in [0.15, 0.2) is 53.7 Å². The van der Waals surface area contributed by atoms with E-state index < -0.39 is 10.0 Å². The monoisotopic (exact) mass is 448 g/mol. The lowest BCUT2D eigenvalue weighted by molar-refractivity contribution is 0.0740. The van der Waals surface area contributed by atoms with Gasteiger partial charge in [-0.15, -0.1) is 24.8 Å². The summed E-state index contributed by atoms with van der Waals surface area (Å²) in [5, 5.41) is 0. The largest absolute Gasteiger partial charge is 0.341 e. The van der Waals surface area contributed by atoms with E-state index in [-0.39, 0.29) is 41.0 Å². The highest BCUT2D eigenvalue weighted by molar-refractivity contribution is 7.92. The predicted octanol–water partition coefficient (Wildman–Crippen LogP) is 2.78. The lowest BCUT2D eigenvalue weighted by Gasteiger charge is -2.29. The summed E-state index contributed by atoms with van der Waals surface area (Å²) < 4.78 is 27.3. The van der Waals surface area contributed by atoms with Gasteiger partial charge < -0.3 is 10.6 Å². The van der Waals surface area contributed by atoms with Crippen molar-refractivity contribution < 1.29 is 13.2 Å². The van der Waals surface area contributed by atoms with Crippen molar-refractivity contribution in [3.63, 3.8) is 0 Å². The second kappa shape index (κ2) is 10.6. The summed E-state index contributed by atoms with van der Waals surface area (Å²) in [7, 11) is -2.02. The van der Waals surface area contributed by atoms with Gasteiger partial charge in [0, 0.05) is 31.5 Å². The number of hydrogen-bond donors (Lipinski definition) is 2. The maximum absolute atomic E-state index is 12.5. The van der Waals surface area contributed by atoms with Gasteiger partial charge in [0.1, 0.15) is 0 Å². The van der Waals surface area contributed by atoms with Gasteiger partial charge in [0.05, 0.1) is 10.6 Å². The zero-order valence-electron chi connectivity index (χ0n) is 16.0. The van der Waals surface area contributed by atoms with Crippen molar-refractivity contribution in [3.8, 4) is 0 Å². The Kier molecular flexibility index (Phi) is 9.90. The summed E-state index contributed by atoms with van der Waals surface area (Å²) in [5.41, 5.74) is 6.36. The zero-order chi connectivity index (χ0) is 19.4. The summed E-state index contributed by atoms with van der Waals surface area (Å²) in [4.78, 5) is 18.0. The van der Waals surface area contributed by atoms with Crippen LogP contribution in [-0.2, 0) is 10.0 Å². The van der Waals surface area contributed by atoms with Crippen LogP contribution in [0.3, 0.4) is 0 Å². The van der Waals surface area contributed by atoms with E-state index in [1.807, 2.05) is 13.8 Å². The van der Waals surface area contributed by atoms with E-state index in [1.165, 1.54) is 36.7 Å². The van der Waals surface area contributed by atoms with Crippen LogP contribution in [0.5, 0.6) is 0 Å². The van der Waals surface area contributed by atoms with Gasteiger partial charge in [-0.2, -0.15) is 0 Å². The molecule has 0 aliphatic carbocycles. The van der Waals surface area contributed by atoms with Crippen LogP contribution in [0.4, 0.5) is 5.69 Å². The lowest BCUT2D eigenvalue weighted by atomic mass is 9.93. The minimum Gasteiger partial charge on any atom is -0.341 e. The highest BCUT2D eigenvalue weighted by atomic mass is 35.5. The van der Waals surface area contributed by atoms with Gasteiger partial charge in [-0.3, -0.25) is 14.5 Å². The van der Waals surface area contributed by atoms with Crippen molar-refractivity contribution in [1.82, 2.24) is 9.88 Å². The molecule has 156 valence electrons. The Labute approximate surface area is 178 Å². The third kappa shape index (κ3) is 6.94. The molecule has 0 saturated carbocycles. The van der Waals surface area contributed by atoms with E-state index in [0.717, 1.165) is 0 Å². The molecule has 1 aromatic heterocycles.